The third kappa shape index (κ3) is 3.46. The highest BCUT2D eigenvalue weighted by Gasteiger charge is 2.37. The Morgan fingerprint density at radius 1 is 1.07 bits per heavy atom. The molecule has 1 atom stereocenters. The van der Waals surface area contributed by atoms with Crippen molar-refractivity contribution in [1.82, 2.24) is 0 Å². The summed E-state index contributed by atoms with van der Waals surface area (Å²) in [5.74, 6) is 0.561. The number of aliphatic hydroxyl groups is 2. The van der Waals surface area contributed by atoms with Crippen LogP contribution in [-0.2, 0) is 0 Å². The minimum Gasteiger partial charge on any atom is -0.390 e. The molecule has 0 aromatic carbocycles. The fourth-order valence-electron chi connectivity index (χ4n) is 2.65. The summed E-state index contributed by atoms with van der Waals surface area (Å²) in [7, 11) is 0. The van der Waals surface area contributed by atoms with Crippen LogP contribution in [0.15, 0.2) is 0 Å². The molecule has 1 aliphatic rings. The minimum absolute atomic E-state index is 0.511. The Balaban J connectivity index is 2.46. The van der Waals surface area contributed by atoms with Gasteiger partial charge >= 0.3 is 0 Å². The van der Waals surface area contributed by atoms with Gasteiger partial charge in [0.15, 0.2) is 0 Å². The van der Waals surface area contributed by atoms with Gasteiger partial charge in [-0.2, -0.15) is 0 Å². The lowest BCUT2D eigenvalue weighted by Gasteiger charge is -2.37. The quantitative estimate of drug-likeness (QED) is 0.739. The lowest BCUT2D eigenvalue weighted by atomic mass is 9.77. The Labute approximate surface area is 93.7 Å². The Kier molecular flexibility index (Phi) is 5.07. The van der Waals surface area contributed by atoms with Gasteiger partial charge in [-0.25, -0.2) is 0 Å². The highest BCUT2D eigenvalue weighted by Crippen LogP contribution is 2.34. The number of rotatable bonds is 5. The van der Waals surface area contributed by atoms with Crippen LogP contribution in [0.2, 0.25) is 0 Å². The molecule has 2 N–H and O–H groups in total. The molecule has 0 saturated heterocycles. The molecule has 1 aliphatic carbocycles. The van der Waals surface area contributed by atoms with E-state index >= 15 is 0 Å². The molecular weight excluding hydrogens is 188 g/mol. The Hall–Kier alpha value is -0.0800. The van der Waals surface area contributed by atoms with Gasteiger partial charge in [-0.05, 0) is 25.2 Å². The molecule has 1 rings (SSSR count). The van der Waals surface area contributed by atoms with Gasteiger partial charge < -0.3 is 10.2 Å². The van der Waals surface area contributed by atoms with Crippen LogP contribution in [-0.4, -0.2) is 21.9 Å². The van der Waals surface area contributed by atoms with E-state index in [0.717, 1.165) is 44.9 Å². The van der Waals surface area contributed by atoms with Crippen LogP contribution < -0.4 is 0 Å². The highest BCUT2D eigenvalue weighted by atomic mass is 16.3. The first-order valence-electron chi connectivity index (χ1n) is 6.52. The summed E-state index contributed by atoms with van der Waals surface area (Å²) in [6.07, 6.45) is 7.37. The zero-order valence-electron chi connectivity index (χ0n) is 10.2. The van der Waals surface area contributed by atoms with E-state index in [1.165, 1.54) is 6.42 Å². The zero-order valence-corrected chi connectivity index (χ0v) is 10.2. The number of hydrogen-bond acceptors (Lipinski definition) is 2. The van der Waals surface area contributed by atoms with Gasteiger partial charge in [0.2, 0.25) is 0 Å². The van der Waals surface area contributed by atoms with Crippen LogP contribution in [0.3, 0.4) is 0 Å². The smallest absolute Gasteiger partial charge is 0.0905 e. The Bertz CT molecular complexity index is 169. The van der Waals surface area contributed by atoms with Crippen molar-refractivity contribution in [3.05, 3.63) is 0 Å². The predicted molar refractivity (Wildman–Crippen MR) is 62.7 cm³/mol. The topological polar surface area (TPSA) is 40.5 Å². The van der Waals surface area contributed by atoms with Crippen molar-refractivity contribution < 1.29 is 10.2 Å². The predicted octanol–water partition coefficient (Wildman–Crippen LogP) is 2.87. The first kappa shape index (κ1) is 13.0. The largest absolute Gasteiger partial charge is 0.390 e. The van der Waals surface area contributed by atoms with Gasteiger partial charge in [0.05, 0.1) is 11.7 Å². The molecular formula is C13H26O2. The molecule has 2 heteroatoms. The Morgan fingerprint density at radius 2 is 1.60 bits per heavy atom. The maximum atomic E-state index is 10.3. The fourth-order valence-corrected chi connectivity index (χ4v) is 2.65. The molecule has 90 valence electrons. The molecule has 1 fully saturated rings. The normalized spacial score (nSPS) is 23.0. The first-order chi connectivity index (χ1) is 7.12. The van der Waals surface area contributed by atoms with Crippen LogP contribution in [0, 0.1) is 5.92 Å². The molecule has 0 aliphatic heterocycles. The number of aliphatic hydroxyl groups excluding tert-OH is 1. The summed E-state index contributed by atoms with van der Waals surface area (Å²) >= 11 is 0. The van der Waals surface area contributed by atoms with E-state index in [2.05, 4.69) is 13.8 Å². The van der Waals surface area contributed by atoms with Crippen molar-refractivity contribution in [2.75, 3.05) is 0 Å². The lowest BCUT2D eigenvalue weighted by Crippen LogP contribution is -2.44. The summed E-state index contributed by atoms with van der Waals surface area (Å²) in [6, 6.07) is 0. The van der Waals surface area contributed by atoms with Crippen molar-refractivity contribution in [3.8, 4) is 0 Å². The fraction of sp³-hybridized carbons (Fsp3) is 1.00. The molecule has 0 bridgehead atoms. The summed E-state index contributed by atoms with van der Waals surface area (Å²) < 4.78 is 0. The van der Waals surface area contributed by atoms with Crippen molar-refractivity contribution >= 4 is 0 Å². The molecule has 0 radical (unpaired) electrons. The van der Waals surface area contributed by atoms with Crippen molar-refractivity contribution in [2.45, 2.75) is 76.9 Å². The monoisotopic (exact) mass is 214 g/mol. The van der Waals surface area contributed by atoms with E-state index in [9.17, 15) is 10.2 Å². The molecule has 0 amide bonds. The van der Waals surface area contributed by atoms with Crippen molar-refractivity contribution in [3.63, 3.8) is 0 Å². The van der Waals surface area contributed by atoms with Gasteiger partial charge in [-0.1, -0.05) is 46.0 Å². The molecule has 0 heterocycles. The second-order valence-electron chi connectivity index (χ2n) is 5.10. The minimum atomic E-state index is -0.777. The van der Waals surface area contributed by atoms with Gasteiger partial charge in [0, 0.05) is 0 Å². The van der Waals surface area contributed by atoms with Crippen molar-refractivity contribution in [1.29, 1.82) is 0 Å². The summed E-state index contributed by atoms with van der Waals surface area (Å²) in [5, 5.41) is 20.4. The molecule has 1 saturated carbocycles. The van der Waals surface area contributed by atoms with E-state index < -0.39 is 11.7 Å². The lowest BCUT2D eigenvalue weighted by molar-refractivity contribution is -0.105. The molecule has 1 unspecified atom stereocenters. The maximum absolute atomic E-state index is 10.3. The zero-order chi connectivity index (χ0) is 11.3. The van der Waals surface area contributed by atoms with E-state index in [0.29, 0.717) is 5.92 Å². The van der Waals surface area contributed by atoms with Crippen molar-refractivity contribution in [2.24, 2.45) is 5.92 Å². The third-order valence-corrected chi connectivity index (χ3v) is 4.05. The highest BCUT2D eigenvalue weighted by molar-refractivity contribution is 4.89. The Morgan fingerprint density at radius 3 is 2.07 bits per heavy atom. The van der Waals surface area contributed by atoms with Crippen LogP contribution in [0.1, 0.15) is 65.2 Å². The van der Waals surface area contributed by atoms with E-state index in [1.807, 2.05) is 0 Å². The van der Waals surface area contributed by atoms with Gasteiger partial charge in [0.25, 0.3) is 0 Å². The van der Waals surface area contributed by atoms with Crippen LogP contribution in [0.25, 0.3) is 0 Å². The van der Waals surface area contributed by atoms with Crippen LogP contribution in [0.5, 0.6) is 0 Å². The first-order valence-corrected chi connectivity index (χ1v) is 6.52. The van der Waals surface area contributed by atoms with Gasteiger partial charge in [-0.3, -0.25) is 0 Å². The summed E-state index contributed by atoms with van der Waals surface area (Å²) in [5.41, 5.74) is -0.777. The van der Waals surface area contributed by atoms with Gasteiger partial charge in [-0.15, -0.1) is 0 Å². The maximum Gasteiger partial charge on any atom is 0.0905 e. The molecule has 0 aromatic rings. The van der Waals surface area contributed by atoms with Crippen LogP contribution in [0.4, 0.5) is 0 Å². The molecule has 2 nitrogen and oxygen atoms in total. The average Bonchev–Trinajstić information content (AvgIpc) is 2.26. The van der Waals surface area contributed by atoms with E-state index in [1.54, 1.807) is 0 Å². The summed E-state index contributed by atoms with van der Waals surface area (Å²) in [6.45, 7) is 4.32. The van der Waals surface area contributed by atoms with E-state index in [4.69, 9.17) is 0 Å². The third-order valence-electron chi connectivity index (χ3n) is 4.05. The van der Waals surface area contributed by atoms with Crippen LogP contribution >= 0.6 is 0 Å². The molecule has 15 heavy (non-hydrogen) atoms. The summed E-state index contributed by atoms with van der Waals surface area (Å²) in [4.78, 5) is 0. The second-order valence-corrected chi connectivity index (χ2v) is 5.10. The average molecular weight is 214 g/mol. The second kappa shape index (κ2) is 5.86. The molecule has 0 spiro atoms. The standard InChI is InChI=1S/C13H26O2/c1-3-11(4-2)10-12(14)13(15)8-6-5-7-9-13/h11-12,14-15H,3-10H2,1-2H3. The SMILES string of the molecule is CCC(CC)CC(O)C1(O)CCCCC1. The van der Waals surface area contributed by atoms with E-state index in [-0.39, 0.29) is 0 Å². The van der Waals surface area contributed by atoms with Gasteiger partial charge in [0.1, 0.15) is 0 Å². The number of hydrogen-bond donors (Lipinski definition) is 2. The molecule has 0 aromatic heterocycles.